The molecule has 2 aromatic carbocycles. The molecule has 6 nitrogen and oxygen atoms in total. The van der Waals surface area contributed by atoms with Crippen molar-refractivity contribution in [2.24, 2.45) is 0 Å². The molecule has 1 aliphatic rings. The van der Waals surface area contributed by atoms with Crippen LogP contribution in [0.5, 0.6) is 5.75 Å². The van der Waals surface area contributed by atoms with Gasteiger partial charge >= 0.3 is 0 Å². The van der Waals surface area contributed by atoms with E-state index >= 15 is 0 Å². The minimum Gasteiger partial charge on any atom is -0.496 e. The molecule has 10 heteroatoms. The number of nitrogens with one attached hydrogen (secondary N) is 1. The Labute approximate surface area is 216 Å². The lowest BCUT2D eigenvalue weighted by Crippen LogP contribution is -2.30. The van der Waals surface area contributed by atoms with Crippen LogP contribution in [0, 0.1) is 18.3 Å². The SMILES string of the molecule is COc1ccc(/C=C2/NC(=S)N(c3ccccc3)C2=O)cc1CSc1nc(C(F)F)cc(C)c1C#N. The number of hydrogen-bond donors (Lipinski definition) is 1. The molecule has 2 heterocycles. The Balaban J connectivity index is 1.61. The minimum atomic E-state index is -2.74. The summed E-state index contributed by atoms with van der Waals surface area (Å²) in [4.78, 5) is 18.4. The van der Waals surface area contributed by atoms with Crippen LogP contribution in [0.2, 0.25) is 0 Å². The number of pyridine rings is 1. The average Bonchev–Trinajstić information content (AvgIpc) is 3.15. The van der Waals surface area contributed by atoms with Crippen LogP contribution in [0.3, 0.4) is 0 Å². The van der Waals surface area contributed by atoms with Crippen molar-refractivity contribution in [3.8, 4) is 11.8 Å². The van der Waals surface area contributed by atoms with Crippen LogP contribution in [0.1, 0.15) is 34.4 Å². The van der Waals surface area contributed by atoms with Gasteiger partial charge in [0.15, 0.2) is 5.11 Å². The van der Waals surface area contributed by atoms with E-state index in [2.05, 4.69) is 10.3 Å². The Hall–Kier alpha value is -3.81. The Kier molecular flexibility index (Phi) is 7.62. The molecule has 0 unspecified atom stereocenters. The number of benzene rings is 2. The van der Waals surface area contributed by atoms with E-state index in [1.807, 2.05) is 30.3 Å². The molecule has 1 aliphatic heterocycles. The van der Waals surface area contributed by atoms with Crippen molar-refractivity contribution in [1.82, 2.24) is 10.3 Å². The van der Waals surface area contributed by atoms with Crippen LogP contribution in [0.25, 0.3) is 6.08 Å². The van der Waals surface area contributed by atoms with Gasteiger partial charge in [-0.1, -0.05) is 24.3 Å². The molecular weight excluding hydrogens is 502 g/mol. The Morgan fingerprint density at radius 1 is 1.25 bits per heavy atom. The first-order valence-corrected chi connectivity index (χ1v) is 12.1. The number of methoxy groups -OCH3 is 1. The number of thiocarbonyl (C=S) groups is 1. The highest BCUT2D eigenvalue weighted by atomic mass is 32.2. The topological polar surface area (TPSA) is 78.2 Å². The van der Waals surface area contributed by atoms with Crippen molar-refractivity contribution in [3.63, 3.8) is 0 Å². The second-order valence-electron chi connectivity index (χ2n) is 7.78. The monoisotopic (exact) mass is 522 g/mol. The predicted octanol–water partition coefficient (Wildman–Crippen LogP) is 5.76. The summed E-state index contributed by atoms with van der Waals surface area (Å²) in [6.45, 7) is 1.61. The first kappa shape index (κ1) is 25.3. The number of carbonyl (C=O) groups is 1. The number of rotatable bonds is 7. The molecule has 182 valence electrons. The maximum atomic E-state index is 13.3. The van der Waals surface area contributed by atoms with Gasteiger partial charge in [-0.3, -0.25) is 9.69 Å². The summed E-state index contributed by atoms with van der Waals surface area (Å²) in [5.74, 6) is 0.612. The number of alkyl halides is 2. The van der Waals surface area contributed by atoms with Crippen molar-refractivity contribution in [1.29, 1.82) is 5.26 Å². The van der Waals surface area contributed by atoms with Crippen molar-refractivity contribution in [3.05, 3.63) is 88.2 Å². The highest BCUT2D eigenvalue weighted by Gasteiger charge is 2.31. The molecule has 0 saturated carbocycles. The fourth-order valence-corrected chi connectivity index (χ4v) is 5.02. The zero-order valence-electron chi connectivity index (χ0n) is 19.3. The Bertz CT molecular complexity index is 1410. The normalized spacial score (nSPS) is 14.3. The predicted molar refractivity (Wildman–Crippen MR) is 139 cm³/mol. The number of carbonyl (C=O) groups excluding carboxylic acids is 1. The Morgan fingerprint density at radius 3 is 2.67 bits per heavy atom. The number of para-hydroxylation sites is 1. The number of hydrogen-bond acceptors (Lipinski definition) is 6. The van der Waals surface area contributed by atoms with Gasteiger partial charge in [0.2, 0.25) is 0 Å². The van der Waals surface area contributed by atoms with Gasteiger partial charge in [0.25, 0.3) is 12.3 Å². The van der Waals surface area contributed by atoms with Crippen LogP contribution < -0.4 is 15.0 Å². The lowest BCUT2D eigenvalue weighted by molar-refractivity contribution is -0.113. The summed E-state index contributed by atoms with van der Waals surface area (Å²) in [5, 5.41) is 13.0. The van der Waals surface area contributed by atoms with Gasteiger partial charge in [0.05, 0.1) is 18.4 Å². The van der Waals surface area contributed by atoms with E-state index in [1.165, 1.54) is 29.8 Å². The number of aromatic nitrogens is 1. The molecule has 1 fully saturated rings. The molecule has 0 bridgehead atoms. The van der Waals surface area contributed by atoms with Crippen LogP contribution >= 0.6 is 24.0 Å². The largest absolute Gasteiger partial charge is 0.496 e. The fourth-order valence-electron chi connectivity index (χ4n) is 3.68. The summed E-state index contributed by atoms with van der Waals surface area (Å²) in [5.41, 5.74) is 2.78. The van der Waals surface area contributed by atoms with Gasteiger partial charge in [-0.2, -0.15) is 5.26 Å². The number of ether oxygens (including phenoxy) is 1. The third-order valence-electron chi connectivity index (χ3n) is 5.41. The molecule has 36 heavy (non-hydrogen) atoms. The molecule has 0 radical (unpaired) electrons. The van der Waals surface area contributed by atoms with Crippen molar-refractivity contribution in [2.75, 3.05) is 12.0 Å². The number of aryl methyl sites for hydroxylation is 1. The molecule has 1 aromatic heterocycles. The molecule has 0 spiro atoms. The third kappa shape index (κ3) is 5.22. The molecule has 1 amide bonds. The van der Waals surface area contributed by atoms with Crippen LogP contribution in [0.15, 0.2) is 65.3 Å². The number of amides is 1. The van der Waals surface area contributed by atoms with E-state index in [9.17, 15) is 18.8 Å². The summed E-state index contributed by atoms with van der Waals surface area (Å²) < 4.78 is 32.0. The van der Waals surface area contributed by atoms with E-state index in [4.69, 9.17) is 17.0 Å². The first-order chi connectivity index (χ1) is 17.3. The van der Waals surface area contributed by atoms with E-state index in [0.29, 0.717) is 34.0 Å². The first-order valence-electron chi connectivity index (χ1n) is 10.7. The number of nitrogens with zero attached hydrogens (tertiary/aromatic N) is 3. The molecular formula is C26H20F2N4O2S2. The summed E-state index contributed by atoms with van der Waals surface area (Å²) in [6, 6.07) is 17.8. The molecule has 4 rings (SSSR count). The average molecular weight is 523 g/mol. The highest BCUT2D eigenvalue weighted by molar-refractivity contribution is 7.98. The fraction of sp³-hybridized carbons (Fsp3) is 0.154. The van der Waals surface area contributed by atoms with Crippen LogP contribution in [-0.2, 0) is 10.5 Å². The number of anilines is 1. The van der Waals surface area contributed by atoms with E-state index in [0.717, 1.165) is 5.56 Å². The summed E-state index contributed by atoms with van der Waals surface area (Å²) in [7, 11) is 1.53. The zero-order valence-corrected chi connectivity index (χ0v) is 20.9. The van der Waals surface area contributed by atoms with Gasteiger partial charge in [0.1, 0.15) is 28.2 Å². The van der Waals surface area contributed by atoms with Crippen molar-refractivity contribution < 1.29 is 18.3 Å². The smallest absolute Gasteiger partial charge is 0.281 e. The minimum absolute atomic E-state index is 0.232. The molecule has 1 saturated heterocycles. The van der Waals surface area contributed by atoms with Crippen molar-refractivity contribution in [2.45, 2.75) is 24.1 Å². The lowest BCUT2D eigenvalue weighted by Gasteiger charge is -2.13. The van der Waals surface area contributed by atoms with E-state index in [-0.39, 0.29) is 27.3 Å². The molecule has 3 aromatic rings. The second-order valence-corrected chi connectivity index (χ2v) is 9.13. The second kappa shape index (κ2) is 10.8. The lowest BCUT2D eigenvalue weighted by atomic mass is 10.1. The van der Waals surface area contributed by atoms with Gasteiger partial charge in [0, 0.05) is 11.3 Å². The maximum absolute atomic E-state index is 13.3. The van der Waals surface area contributed by atoms with E-state index in [1.54, 1.807) is 37.3 Å². The maximum Gasteiger partial charge on any atom is 0.281 e. The molecule has 1 N–H and O–H groups in total. The van der Waals surface area contributed by atoms with Crippen LogP contribution in [0.4, 0.5) is 14.5 Å². The number of thioether (sulfide) groups is 1. The van der Waals surface area contributed by atoms with Crippen molar-refractivity contribution >= 4 is 46.8 Å². The van der Waals surface area contributed by atoms with E-state index < -0.39 is 6.43 Å². The number of nitriles is 1. The van der Waals surface area contributed by atoms with Gasteiger partial charge in [-0.15, -0.1) is 11.8 Å². The molecule has 0 aliphatic carbocycles. The van der Waals surface area contributed by atoms with Gasteiger partial charge < -0.3 is 10.1 Å². The third-order valence-corrected chi connectivity index (χ3v) is 6.72. The van der Waals surface area contributed by atoms with Gasteiger partial charge in [-0.05, 0) is 66.7 Å². The Morgan fingerprint density at radius 2 is 2.00 bits per heavy atom. The standard InChI is InChI=1S/C26H20F2N4O2S2/c1-15-10-20(23(27)28)30-24(19(15)13-29)36-14-17-11-16(8-9-22(17)34-2)12-21-25(33)32(26(35)31-21)18-6-4-3-5-7-18/h3-12,23H,14H2,1-2H3,(H,31,35)/b21-12+. The zero-order chi connectivity index (χ0) is 25.8. The number of halogens is 2. The molecule has 0 atom stereocenters. The van der Waals surface area contributed by atoms with Gasteiger partial charge in [-0.25, -0.2) is 13.8 Å². The summed E-state index contributed by atoms with van der Waals surface area (Å²) in [6.07, 6.45) is -1.05. The quantitative estimate of drug-likeness (QED) is 0.240. The highest BCUT2D eigenvalue weighted by Crippen LogP contribution is 2.33. The summed E-state index contributed by atoms with van der Waals surface area (Å²) >= 11 is 6.53. The van der Waals surface area contributed by atoms with Crippen LogP contribution in [-0.4, -0.2) is 23.1 Å².